The summed E-state index contributed by atoms with van der Waals surface area (Å²) >= 11 is 0. The molecule has 0 aromatic rings. The molecule has 630 valence electrons. The number of aliphatic hydroxyl groups is 1. The van der Waals surface area contributed by atoms with Gasteiger partial charge in [0, 0.05) is 25.7 Å². The van der Waals surface area contributed by atoms with E-state index in [1.807, 2.05) is 0 Å². The molecule has 106 heavy (non-hydrogen) atoms. The quantitative estimate of drug-likeness (QED) is 0.0222. The highest BCUT2D eigenvalue weighted by atomic mass is 31.2. The average molecular weight is 1550 g/mol. The largest absolute Gasteiger partial charge is 0.472 e. The van der Waals surface area contributed by atoms with Crippen LogP contribution in [0.3, 0.4) is 0 Å². The number of carbonyl (C=O) groups is 4. The van der Waals surface area contributed by atoms with Crippen LogP contribution in [0.25, 0.3) is 0 Å². The normalized spacial score (nSPS) is 14.1. The fraction of sp³-hybridized carbons (Fsp3) is 0.954. The van der Waals surface area contributed by atoms with Crippen LogP contribution >= 0.6 is 15.6 Å². The number of phosphoric acid groups is 2. The summed E-state index contributed by atoms with van der Waals surface area (Å²) < 4.78 is 68.9. The number of rotatable bonds is 85. The van der Waals surface area contributed by atoms with Crippen molar-refractivity contribution in [1.82, 2.24) is 0 Å². The van der Waals surface area contributed by atoms with E-state index in [0.29, 0.717) is 25.7 Å². The van der Waals surface area contributed by atoms with Crippen LogP contribution in [0.5, 0.6) is 0 Å². The lowest BCUT2D eigenvalue weighted by atomic mass is 9.99. The van der Waals surface area contributed by atoms with Crippen LogP contribution in [0.1, 0.15) is 459 Å². The number of unbranched alkanes of at least 4 members (excludes halogenated alkanes) is 52. The number of ether oxygens (including phenoxy) is 4. The van der Waals surface area contributed by atoms with Crippen molar-refractivity contribution < 1.29 is 80.2 Å². The van der Waals surface area contributed by atoms with Gasteiger partial charge < -0.3 is 33.8 Å². The van der Waals surface area contributed by atoms with Gasteiger partial charge >= 0.3 is 39.5 Å². The van der Waals surface area contributed by atoms with Gasteiger partial charge in [0.05, 0.1) is 26.4 Å². The Balaban J connectivity index is 5.25. The van der Waals surface area contributed by atoms with Crippen molar-refractivity contribution in [1.29, 1.82) is 0 Å². The van der Waals surface area contributed by atoms with E-state index in [0.717, 1.165) is 108 Å². The van der Waals surface area contributed by atoms with Crippen LogP contribution in [-0.4, -0.2) is 96.7 Å². The molecule has 0 amide bonds. The zero-order valence-corrected chi connectivity index (χ0v) is 71.7. The first-order valence-corrected chi connectivity index (χ1v) is 47.9. The Kier molecular flexibility index (Phi) is 75.6. The summed E-state index contributed by atoms with van der Waals surface area (Å²) in [6.07, 6.45) is 68.0. The summed E-state index contributed by atoms with van der Waals surface area (Å²) in [5.41, 5.74) is 0. The van der Waals surface area contributed by atoms with Crippen LogP contribution in [0.2, 0.25) is 0 Å². The van der Waals surface area contributed by atoms with Gasteiger partial charge in [0.25, 0.3) is 0 Å². The Morgan fingerprint density at radius 1 is 0.274 bits per heavy atom. The van der Waals surface area contributed by atoms with Gasteiger partial charge in [-0.2, -0.15) is 0 Å². The molecule has 0 fully saturated rings. The summed E-state index contributed by atoms with van der Waals surface area (Å²) in [7, 11) is -9.93. The molecule has 3 N–H and O–H groups in total. The molecule has 0 aliphatic carbocycles. The monoisotopic (exact) mass is 1550 g/mol. The number of aliphatic hydroxyl groups excluding tert-OH is 1. The van der Waals surface area contributed by atoms with Gasteiger partial charge in [0.1, 0.15) is 19.3 Å². The van der Waals surface area contributed by atoms with Crippen molar-refractivity contribution in [2.24, 2.45) is 17.8 Å². The maximum atomic E-state index is 13.2. The molecule has 3 unspecified atom stereocenters. The second-order valence-electron chi connectivity index (χ2n) is 32.5. The van der Waals surface area contributed by atoms with Gasteiger partial charge in [-0.05, 0) is 43.4 Å². The SMILES string of the molecule is CCCCCCCCCCCCCCCCCCCC(=O)OC[C@H](COP(=O)(O)OC[C@@H](O)COP(=O)(O)OC[C@@H](COC(=O)CCCCCCCCCCCC(C)C)OC(=O)CCCCCCCCCCCCCCC(C)C)OC(=O)CCCCCCCCCCCCCCCCCCCCC(C)CC. The Morgan fingerprint density at radius 2 is 0.481 bits per heavy atom. The lowest BCUT2D eigenvalue weighted by Crippen LogP contribution is -2.30. The topological polar surface area (TPSA) is 237 Å². The predicted octanol–water partition coefficient (Wildman–Crippen LogP) is 26.5. The second kappa shape index (κ2) is 77.0. The lowest BCUT2D eigenvalue weighted by molar-refractivity contribution is -0.161. The van der Waals surface area contributed by atoms with Crippen molar-refractivity contribution in [3.05, 3.63) is 0 Å². The highest BCUT2D eigenvalue weighted by Gasteiger charge is 2.31. The highest BCUT2D eigenvalue weighted by molar-refractivity contribution is 7.47. The molecular formula is C87H170O17P2. The summed E-state index contributed by atoms with van der Waals surface area (Å²) in [6.45, 7) is 12.0. The van der Waals surface area contributed by atoms with Crippen molar-refractivity contribution >= 4 is 39.5 Å². The minimum atomic E-state index is -4.97. The van der Waals surface area contributed by atoms with Gasteiger partial charge in [-0.15, -0.1) is 0 Å². The molecular weight excluding hydrogens is 1380 g/mol. The Labute approximate surface area is 651 Å². The molecule has 0 aromatic heterocycles. The van der Waals surface area contributed by atoms with Gasteiger partial charge in [0.2, 0.25) is 0 Å². The first kappa shape index (κ1) is 104. The molecule has 17 nitrogen and oxygen atoms in total. The minimum absolute atomic E-state index is 0.107. The van der Waals surface area contributed by atoms with Gasteiger partial charge in [-0.25, -0.2) is 9.13 Å². The van der Waals surface area contributed by atoms with Crippen LogP contribution in [0.15, 0.2) is 0 Å². The molecule has 0 aliphatic rings. The first-order valence-electron chi connectivity index (χ1n) is 44.9. The second-order valence-corrected chi connectivity index (χ2v) is 35.4. The molecule has 0 saturated carbocycles. The smallest absolute Gasteiger partial charge is 0.462 e. The minimum Gasteiger partial charge on any atom is -0.462 e. The van der Waals surface area contributed by atoms with E-state index in [1.54, 1.807) is 0 Å². The standard InChI is InChI=1S/C87H170O17P2/c1-8-10-11-12-13-14-15-16-17-20-24-27-33-40-47-54-61-68-84(89)97-74-82(103-86(91)70-63-56-49-41-34-28-25-22-19-18-21-23-26-32-39-46-53-60-67-80(7)9-2)76-101-105(93,94)99-72-81(88)73-100-106(95,96)102-77-83(75-98-85(90)69-62-55-48-43-36-38-45-52-59-66-79(5)6)104-87(92)71-64-57-50-42-35-30-29-31-37-44-51-58-65-78(3)4/h78-83,88H,8-77H2,1-7H3,(H,93,94)(H,95,96)/t80?,81-,82-,83-/m1/s1. The molecule has 0 spiro atoms. The molecule has 0 rings (SSSR count). The number of hydrogen-bond donors (Lipinski definition) is 3. The molecule has 0 bridgehead atoms. The van der Waals surface area contributed by atoms with Gasteiger partial charge in [-0.3, -0.25) is 37.3 Å². The Bertz CT molecular complexity index is 2050. The lowest BCUT2D eigenvalue weighted by Gasteiger charge is -2.21. The van der Waals surface area contributed by atoms with E-state index in [-0.39, 0.29) is 25.7 Å². The molecule has 0 aliphatic heterocycles. The third kappa shape index (κ3) is 78.7. The van der Waals surface area contributed by atoms with Gasteiger partial charge in [-0.1, -0.05) is 408 Å². The summed E-state index contributed by atoms with van der Waals surface area (Å²) in [5, 5.41) is 10.7. The van der Waals surface area contributed by atoms with E-state index < -0.39 is 97.5 Å². The number of phosphoric ester groups is 2. The van der Waals surface area contributed by atoms with Gasteiger partial charge in [0.15, 0.2) is 12.2 Å². The summed E-state index contributed by atoms with van der Waals surface area (Å²) in [6, 6.07) is 0. The molecule has 0 aromatic carbocycles. The van der Waals surface area contributed by atoms with Crippen molar-refractivity contribution in [2.75, 3.05) is 39.6 Å². The van der Waals surface area contributed by atoms with E-state index in [4.69, 9.17) is 37.0 Å². The molecule has 0 heterocycles. The fourth-order valence-electron chi connectivity index (χ4n) is 13.5. The van der Waals surface area contributed by atoms with Crippen LogP contribution in [-0.2, 0) is 65.4 Å². The van der Waals surface area contributed by atoms with Crippen molar-refractivity contribution in [2.45, 2.75) is 478 Å². The van der Waals surface area contributed by atoms with Crippen molar-refractivity contribution in [3.8, 4) is 0 Å². The third-order valence-corrected chi connectivity index (χ3v) is 22.6. The number of hydrogen-bond acceptors (Lipinski definition) is 15. The molecule has 0 radical (unpaired) electrons. The molecule has 0 saturated heterocycles. The van der Waals surface area contributed by atoms with Crippen LogP contribution < -0.4 is 0 Å². The fourth-order valence-corrected chi connectivity index (χ4v) is 15.1. The maximum Gasteiger partial charge on any atom is 0.472 e. The van der Waals surface area contributed by atoms with E-state index in [2.05, 4.69) is 48.5 Å². The van der Waals surface area contributed by atoms with E-state index in [1.165, 1.54) is 270 Å². The van der Waals surface area contributed by atoms with Crippen LogP contribution in [0.4, 0.5) is 0 Å². The van der Waals surface area contributed by atoms with E-state index >= 15 is 0 Å². The van der Waals surface area contributed by atoms with Crippen LogP contribution in [0, 0.1) is 17.8 Å². The zero-order chi connectivity index (χ0) is 77.9. The highest BCUT2D eigenvalue weighted by Crippen LogP contribution is 2.45. The number of esters is 4. The molecule has 19 heteroatoms. The maximum absolute atomic E-state index is 13.2. The zero-order valence-electron chi connectivity index (χ0n) is 69.9. The van der Waals surface area contributed by atoms with Crippen molar-refractivity contribution in [3.63, 3.8) is 0 Å². The summed E-state index contributed by atoms with van der Waals surface area (Å²) in [5.74, 6) is 0.289. The molecule has 6 atom stereocenters. The first-order chi connectivity index (χ1) is 51.3. The predicted molar refractivity (Wildman–Crippen MR) is 437 cm³/mol. The van der Waals surface area contributed by atoms with E-state index in [9.17, 15) is 43.2 Å². The Hall–Kier alpha value is -1.94. The third-order valence-electron chi connectivity index (χ3n) is 20.7. The average Bonchev–Trinajstić information content (AvgIpc) is 0.896. The number of carbonyl (C=O) groups excluding carboxylic acids is 4. The summed E-state index contributed by atoms with van der Waals surface area (Å²) in [4.78, 5) is 73.3. The Morgan fingerprint density at radius 3 is 0.717 bits per heavy atom.